The number of benzene rings is 1. The second-order valence-electron chi connectivity index (χ2n) is 7.08. The normalized spacial score (nSPS) is 15.3. The van der Waals surface area contributed by atoms with Crippen LogP contribution < -0.4 is 4.74 Å². The van der Waals surface area contributed by atoms with Crippen molar-refractivity contribution in [1.82, 2.24) is 10.1 Å². The van der Waals surface area contributed by atoms with Gasteiger partial charge in [-0.3, -0.25) is 4.79 Å². The molecule has 1 aliphatic rings. The van der Waals surface area contributed by atoms with Crippen molar-refractivity contribution in [2.75, 3.05) is 19.7 Å². The van der Waals surface area contributed by atoms with Gasteiger partial charge in [0, 0.05) is 13.0 Å². The van der Waals surface area contributed by atoms with Gasteiger partial charge in [-0.15, -0.1) is 13.2 Å². The molecule has 0 aliphatic carbocycles. The number of aryl methyl sites for hydroxylation is 1. The third-order valence-electron chi connectivity index (χ3n) is 4.84. The molecule has 0 N–H and O–H groups in total. The number of alkyl halides is 3. The van der Waals surface area contributed by atoms with Crippen molar-refractivity contribution >= 4 is 22.4 Å². The lowest BCUT2D eigenvalue weighted by Gasteiger charge is -2.14. The largest absolute Gasteiger partial charge is 0.573 e. The number of hydrogen-bond donors (Lipinski definition) is 0. The standard InChI is InChI=1S/C22H23F3N2O4/c1-4-16(8-7-15(3)30-22(23,24)25)17-12-14(2)20-18(13-17)21(26-31-20)29-11-10-27-9-5-6-19(27)28/h4,7-8,12-13H,3,5-6,9-11H2,1-2H3/b8-7-,16-4+. The molecule has 0 saturated carbocycles. The van der Waals surface area contributed by atoms with Crippen LogP contribution in [-0.4, -0.2) is 42.0 Å². The van der Waals surface area contributed by atoms with Gasteiger partial charge in [-0.05, 0) is 60.3 Å². The number of aromatic nitrogens is 1. The molecule has 1 saturated heterocycles. The summed E-state index contributed by atoms with van der Waals surface area (Å²) in [4.78, 5) is 13.5. The molecule has 1 aromatic heterocycles. The number of ether oxygens (including phenoxy) is 2. The number of amides is 1. The molecule has 1 aliphatic heterocycles. The molecule has 166 valence electrons. The van der Waals surface area contributed by atoms with Crippen molar-refractivity contribution in [1.29, 1.82) is 0 Å². The minimum absolute atomic E-state index is 0.118. The number of carbonyl (C=O) groups excluding carboxylic acids is 1. The molecule has 1 fully saturated rings. The molecule has 9 heteroatoms. The molecule has 0 bridgehead atoms. The second kappa shape index (κ2) is 9.28. The van der Waals surface area contributed by atoms with E-state index in [4.69, 9.17) is 9.26 Å². The first kappa shape index (κ1) is 22.5. The number of allylic oxidation sites excluding steroid dienone is 4. The van der Waals surface area contributed by atoms with Crippen LogP contribution in [0.2, 0.25) is 0 Å². The third kappa shape index (κ3) is 5.68. The summed E-state index contributed by atoms with van der Waals surface area (Å²) < 4.78 is 51.9. The SMILES string of the molecule is C=C(/C=C\C(=C/C)c1cc(C)c2onc(OCCN3CCCC3=O)c2c1)OC(F)(F)F. The van der Waals surface area contributed by atoms with Crippen LogP contribution in [0.1, 0.15) is 30.9 Å². The van der Waals surface area contributed by atoms with Crippen LogP contribution in [0.4, 0.5) is 13.2 Å². The summed E-state index contributed by atoms with van der Waals surface area (Å²) >= 11 is 0. The highest BCUT2D eigenvalue weighted by Gasteiger charge is 2.30. The minimum atomic E-state index is -4.79. The molecule has 1 aromatic carbocycles. The van der Waals surface area contributed by atoms with E-state index < -0.39 is 12.1 Å². The fraction of sp³-hybridized carbons (Fsp3) is 0.364. The smallest absolute Gasteiger partial charge is 0.473 e. The van der Waals surface area contributed by atoms with Crippen molar-refractivity contribution in [2.24, 2.45) is 0 Å². The van der Waals surface area contributed by atoms with Gasteiger partial charge in [0.25, 0.3) is 5.88 Å². The summed E-state index contributed by atoms with van der Waals surface area (Å²) in [6.07, 6.45) is 1.03. The number of rotatable bonds is 8. The molecule has 3 rings (SSSR count). The van der Waals surface area contributed by atoms with Crippen molar-refractivity contribution in [2.45, 2.75) is 33.1 Å². The zero-order valence-electron chi connectivity index (χ0n) is 17.3. The molecule has 0 spiro atoms. The Morgan fingerprint density at radius 2 is 2.13 bits per heavy atom. The second-order valence-corrected chi connectivity index (χ2v) is 7.08. The Morgan fingerprint density at radius 3 is 2.77 bits per heavy atom. The van der Waals surface area contributed by atoms with Crippen LogP contribution in [0.25, 0.3) is 16.5 Å². The molecule has 0 atom stereocenters. The van der Waals surface area contributed by atoms with Crippen LogP contribution in [0.3, 0.4) is 0 Å². The molecular formula is C22H23F3N2O4. The van der Waals surface area contributed by atoms with Gasteiger partial charge in [-0.1, -0.05) is 18.7 Å². The van der Waals surface area contributed by atoms with Crippen LogP contribution in [0, 0.1) is 6.92 Å². The molecule has 2 heterocycles. The van der Waals surface area contributed by atoms with E-state index in [-0.39, 0.29) is 12.5 Å². The lowest BCUT2D eigenvalue weighted by Crippen LogP contribution is -2.29. The maximum absolute atomic E-state index is 12.3. The molecular weight excluding hydrogens is 413 g/mol. The molecule has 2 aromatic rings. The minimum Gasteiger partial charge on any atom is -0.473 e. The molecule has 6 nitrogen and oxygen atoms in total. The number of nitrogens with zero attached hydrogens (tertiary/aromatic N) is 2. The summed E-state index contributed by atoms with van der Waals surface area (Å²) in [5.41, 5.74) is 2.75. The van der Waals surface area contributed by atoms with Crippen molar-refractivity contribution in [3.05, 3.63) is 53.8 Å². The Bertz CT molecular complexity index is 1040. The third-order valence-corrected chi connectivity index (χ3v) is 4.84. The van der Waals surface area contributed by atoms with E-state index >= 15 is 0 Å². The van der Waals surface area contributed by atoms with Gasteiger partial charge in [-0.2, -0.15) is 0 Å². The molecule has 31 heavy (non-hydrogen) atoms. The van der Waals surface area contributed by atoms with E-state index in [2.05, 4.69) is 16.5 Å². The average Bonchev–Trinajstić information content (AvgIpc) is 3.28. The van der Waals surface area contributed by atoms with Gasteiger partial charge in [0.05, 0.1) is 11.9 Å². The highest BCUT2D eigenvalue weighted by Crippen LogP contribution is 2.32. The van der Waals surface area contributed by atoms with Gasteiger partial charge in [-0.25, -0.2) is 0 Å². The summed E-state index contributed by atoms with van der Waals surface area (Å²) in [6.45, 7) is 8.34. The quantitative estimate of drug-likeness (QED) is 0.423. The van der Waals surface area contributed by atoms with Gasteiger partial charge < -0.3 is 18.9 Å². The Hall–Kier alpha value is -3.23. The number of hydrogen-bond acceptors (Lipinski definition) is 5. The first-order valence-electron chi connectivity index (χ1n) is 9.78. The topological polar surface area (TPSA) is 64.8 Å². The summed E-state index contributed by atoms with van der Waals surface area (Å²) in [5.74, 6) is -0.0988. The lowest BCUT2D eigenvalue weighted by atomic mass is 10.0. The van der Waals surface area contributed by atoms with E-state index in [1.807, 2.05) is 13.0 Å². The summed E-state index contributed by atoms with van der Waals surface area (Å²) in [6, 6.07) is 3.63. The predicted molar refractivity (Wildman–Crippen MR) is 109 cm³/mol. The first-order valence-corrected chi connectivity index (χ1v) is 9.78. The van der Waals surface area contributed by atoms with Crippen LogP contribution in [0.15, 0.2) is 47.2 Å². The van der Waals surface area contributed by atoms with Gasteiger partial charge >= 0.3 is 6.36 Å². The predicted octanol–water partition coefficient (Wildman–Crippen LogP) is 5.15. The van der Waals surface area contributed by atoms with Gasteiger partial charge in [0.15, 0.2) is 5.58 Å². The fourth-order valence-corrected chi connectivity index (χ4v) is 3.38. The van der Waals surface area contributed by atoms with Crippen LogP contribution in [-0.2, 0) is 9.53 Å². The van der Waals surface area contributed by atoms with E-state index in [9.17, 15) is 18.0 Å². The average molecular weight is 436 g/mol. The lowest BCUT2D eigenvalue weighted by molar-refractivity contribution is -0.303. The van der Waals surface area contributed by atoms with Crippen molar-refractivity contribution in [3.8, 4) is 5.88 Å². The number of fused-ring (bicyclic) bond motifs is 1. The maximum atomic E-state index is 12.3. The van der Waals surface area contributed by atoms with E-state index in [1.165, 1.54) is 6.08 Å². The maximum Gasteiger partial charge on any atom is 0.573 e. The van der Waals surface area contributed by atoms with E-state index in [0.29, 0.717) is 35.4 Å². The number of halogens is 3. The summed E-state index contributed by atoms with van der Waals surface area (Å²) in [5, 5.41) is 4.62. The summed E-state index contributed by atoms with van der Waals surface area (Å²) in [7, 11) is 0. The van der Waals surface area contributed by atoms with Crippen molar-refractivity contribution < 1.29 is 32.0 Å². The fourth-order valence-electron chi connectivity index (χ4n) is 3.38. The number of carbonyl (C=O) groups is 1. The zero-order chi connectivity index (χ0) is 22.6. The van der Waals surface area contributed by atoms with E-state index in [1.54, 1.807) is 24.0 Å². The Morgan fingerprint density at radius 1 is 1.35 bits per heavy atom. The molecule has 0 radical (unpaired) electrons. The Labute approximate surface area is 177 Å². The zero-order valence-corrected chi connectivity index (χ0v) is 17.3. The highest BCUT2D eigenvalue weighted by atomic mass is 19.4. The molecule has 0 unspecified atom stereocenters. The number of likely N-dealkylation sites (tertiary alicyclic amines) is 1. The van der Waals surface area contributed by atoms with Crippen LogP contribution in [0.5, 0.6) is 5.88 Å². The Balaban J connectivity index is 1.77. The van der Waals surface area contributed by atoms with Gasteiger partial charge in [0.2, 0.25) is 5.91 Å². The Kier molecular flexibility index (Phi) is 6.72. The van der Waals surface area contributed by atoms with E-state index in [0.717, 1.165) is 30.2 Å². The monoisotopic (exact) mass is 436 g/mol. The molecule has 1 amide bonds. The first-order chi connectivity index (χ1) is 14.7. The highest BCUT2D eigenvalue weighted by molar-refractivity contribution is 5.90. The van der Waals surface area contributed by atoms with Crippen molar-refractivity contribution in [3.63, 3.8) is 0 Å². The van der Waals surface area contributed by atoms with Gasteiger partial charge in [0.1, 0.15) is 12.4 Å². The van der Waals surface area contributed by atoms with Crippen LogP contribution >= 0.6 is 0 Å².